The van der Waals surface area contributed by atoms with E-state index in [1.54, 1.807) is 0 Å². The third-order valence-electron chi connectivity index (χ3n) is 2.34. The highest BCUT2D eigenvalue weighted by Gasteiger charge is 2.04. The van der Waals surface area contributed by atoms with E-state index in [0.717, 1.165) is 17.7 Å². The van der Waals surface area contributed by atoms with Crippen LogP contribution < -0.4 is 4.74 Å². The number of rotatable bonds is 6. The topological polar surface area (TPSA) is 26.3 Å². The van der Waals surface area contributed by atoms with Crippen LogP contribution in [0.1, 0.15) is 32.3 Å². The van der Waals surface area contributed by atoms with E-state index < -0.39 is 0 Å². The Labute approximate surface area is 91.3 Å². The Morgan fingerprint density at radius 1 is 1.27 bits per heavy atom. The van der Waals surface area contributed by atoms with Crippen LogP contribution in [0.15, 0.2) is 24.3 Å². The van der Waals surface area contributed by atoms with E-state index in [-0.39, 0.29) is 0 Å². The van der Waals surface area contributed by atoms with Gasteiger partial charge < -0.3 is 4.74 Å². The van der Waals surface area contributed by atoms with Crippen LogP contribution in [-0.2, 0) is 11.2 Å². The highest BCUT2D eigenvalue weighted by atomic mass is 16.5. The molecule has 0 aliphatic rings. The second kappa shape index (κ2) is 6.23. The largest absolute Gasteiger partial charge is 0.494 e. The molecule has 0 amide bonds. The number of hydrogen-bond acceptors (Lipinski definition) is 2. The van der Waals surface area contributed by atoms with Crippen LogP contribution in [0.25, 0.3) is 0 Å². The molecule has 0 saturated carbocycles. The molecule has 0 atom stereocenters. The first-order chi connectivity index (χ1) is 7.27. The number of carbonyl (C=O) groups is 1. The average Bonchev–Trinajstić information content (AvgIpc) is 2.28. The lowest BCUT2D eigenvalue weighted by Gasteiger charge is -2.08. The van der Waals surface area contributed by atoms with E-state index >= 15 is 0 Å². The highest BCUT2D eigenvalue weighted by molar-refractivity contribution is 5.78. The van der Waals surface area contributed by atoms with Crippen molar-refractivity contribution in [2.45, 2.75) is 33.1 Å². The van der Waals surface area contributed by atoms with Crippen LogP contribution in [-0.4, -0.2) is 12.4 Å². The minimum Gasteiger partial charge on any atom is -0.494 e. The third-order valence-corrected chi connectivity index (χ3v) is 2.34. The van der Waals surface area contributed by atoms with Gasteiger partial charge in [-0.15, -0.1) is 0 Å². The Balaban J connectivity index is 2.62. The summed E-state index contributed by atoms with van der Waals surface area (Å²) in [5.74, 6) is 1.21. The lowest BCUT2D eigenvalue weighted by molar-refractivity contribution is -0.118. The van der Waals surface area contributed by atoms with Crippen molar-refractivity contribution in [3.05, 3.63) is 29.8 Å². The predicted molar refractivity (Wildman–Crippen MR) is 61.2 cm³/mol. The molecule has 2 nitrogen and oxygen atoms in total. The summed E-state index contributed by atoms with van der Waals surface area (Å²) in [4.78, 5) is 11.2. The zero-order chi connectivity index (χ0) is 11.1. The number of carbonyl (C=O) groups excluding carboxylic acids is 1. The molecule has 1 aromatic rings. The van der Waals surface area contributed by atoms with E-state index in [4.69, 9.17) is 4.74 Å². The van der Waals surface area contributed by atoms with E-state index in [2.05, 4.69) is 0 Å². The summed E-state index contributed by atoms with van der Waals surface area (Å²) >= 11 is 0. The molecule has 15 heavy (non-hydrogen) atoms. The molecule has 0 spiro atoms. The Kier molecular flexibility index (Phi) is 4.88. The number of hydrogen-bond donors (Lipinski definition) is 0. The maximum atomic E-state index is 11.2. The van der Waals surface area contributed by atoms with Gasteiger partial charge in [-0.05, 0) is 25.0 Å². The molecule has 0 saturated heterocycles. The lowest BCUT2D eigenvalue weighted by Crippen LogP contribution is -2.01. The van der Waals surface area contributed by atoms with E-state index in [0.29, 0.717) is 25.2 Å². The molecule has 0 aliphatic carbocycles. The van der Waals surface area contributed by atoms with Gasteiger partial charge in [0.05, 0.1) is 6.61 Å². The van der Waals surface area contributed by atoms with Gasteiger partial charge in [0.15, 0.2) is 0 Å². The van der Waals surface area contributed by atoms with Gasteiger partial charge in [0.2, 0.25) is 0 Å². The van der Waals surface area contributed by atoms with Crippen LogP contribution in [0.2, 0.25) is 0 Å². The fourth-order valence-electron chi connectivity index (χ4n) is 1.46. The monoisotopic (exact) mass is 206 g/mol. The maximum Gasteiger partial charge on any atom is 0.132 e. The van der Waals surface area contributed by atoms with Crippen LogP contribution in [0.4, 0.5) is 0 Å². The first kappa shape index (κ1) is 11.8. The minimum absolute atomic E-state index is 0.307. The van der Waals surface area contributed by atoms with E-state index in [1.165, 1.54) is 0 Å². The van der Waals surface area contributed by atoms with Crippen LogP contribution in [0.5, 0.6) is 5.75 Å². The summed E-state index contributed by atoms with van der Waals surface area (Å²) in [5, 5.41) is 0. The minimum atomic E-state index is 0.307. The molecule has 0 aliphatic heterocycles. The average molecular weight is 206 g/mol. The van der Waals surface area contributed by atoms with Crippen molar-refractivity contribution in [3.63, 3.8) is 0 Å². The smallest absolute Gasteiger partial charge is 0.132 e. The number of Topliss-reactive ketones (excluding diaryl/α,β-unsaturated/α-hetero) is 1. The van der Waals surface area contributed by atoms with Crippen LogP contribution in [0.3, 0.4) is 0 Å². The third kappa shape index (κ3) is 3.74. The van der Waals surface area contributed by atoms with Crippen molar-refractivity contribution in [3.8, 4) is 5.75 Å². The van der Waals surface area contributed by atoms with Gasteiger partial charge >= 0.3 is 0 Å². The number of para-hydroxylation sites is 1. The molecular formula is C13H18O2. The zero-order valence-corrected chi connectivity index (χ0v) is 9.45. The predicted octanol–water partition coefficient (Wildman–Crippen LogP) is 3.00. The van der Waals surface area contributed by atoms with Crippen molar-refractivity contribution in [2.24, 2.45) is 0 Å². The van der Waals surface area contributed by atoms with Gasteiger partial charge in [-0.2, -0.15) is 0 Å². The van der Waals surface area contributed by atoms with Crippen molar-refractivity contribution < 1.29 is 9.53 Å². The SMILES string of the molecule is CCOc1ccccc1CCC(=O)CC. The molecule has 0 fully saturated rings. The Hall–Kier alpha value is -1.31. The van der Waals surface area contributed by atoms with Gasteiger partial charge in [0.1, 0.15) is 11.5 Å². The van der Waals surface area contributed by atoms with Gasteiger partial charge in [-0.3, -0.25) is 4.79 Å². The quantitative estimate of drug-likeness (QED) is 0.715. The summed E-state index contributed by atoms with van der Waals surface area (Å²) in [6.07, 6.45) is 2.01. The summed E-state index contributed by atoms with van der Waals surface area (Å²) in [7, 11) is 0. The molecule has 82 valence electrons. The van der Waals surface area contributed by atoms with Crippen LogP contribution >= 0.6 is 0 Å². The molecule has 0 bridgehead atoms. The van der Waals surface area contributed by atoms with Crippen molar-refractivity contribution in [1.82, 2.24) is 0 Å². The molecule has 2 heteroatoms. The van der Waals surface area contributed by atoms with Crippen LogP contribution in [0, 0.1) is 0 Å². The normalized spacial score (nSPS) is 10.0. The Morgan fingerprint density at radius 2 is 2.00 bits per heavy atom. The standard InChI is InChI=1S/C13H18O2/c1-3-12(14)10-9-11-7-5-6-8-13(11)15-4-2/h5-8H,3-4,9-10H2,1-2H3. The summed E-state index contributed by atoms with van der Waals surface area (Å²) in [5.41, 5.74) is 1.13. The number of ether oxygens (including phenoxy) is 1. The molecule has 0 heterocycles. The highest BCUT2D eigenvalue weighted by Crippen LogP contribution is 2.19. The zero-order valence-electron chi connectivity index (χ0n) is 9.45. The molecule has 0 aromatic heterocycles. The maximum absolute atomic E-state index is 11.2. The van der Waals surface area contributed by atoms with Crippen molar-refractivity contribution in [2.75, 3.05) is 6.61 Å². The summed E-state index contributed by atoms with van der Waals surface area (Å²) < 4.78 is 5.49. The first-order valence-corrected chi connectivity index (χ1v) is 5.50. The number of benzene rings is 1. The Bertz CT molecular complexity index is 318. The molecule has 0 unspecified atom stereocenters. The number of ketones is 1. The van der Waals surface area contributed by atoms with Gasteiger partial charge in [-0.25, -0.2) is 0 Å². The fraction of sp³-hybridized carbons (Fsp3) is 0.462. The van der Waals surface area contributed by atoms with Crippen molar-refractivity contribution in [1.29, 1.82) is 0 Å². The van der Waals surface area contributed by atoms with Crippen molar-refractivity contribution >= 4 is 5.78 Å². The summed E-state index contributed by atoms with van der Waals surface area (Å²) in [6, 6.07) is 7.91. The van der Waals surface area contributed by atoms with E-state index in [1.807, 2.05) is 38.1 Å². The lowest BCUT2D eigenvalue weighted by atomic mass is 10.1. The second-order valence-corrected chi connectivity index (χ2v) is 3.43. The molecule has 0 radical (unpaired) electrons. The Morgan fingerprint density at radius 3 is 2.67 bits per heavy atom. The molecular weight excluding hydrogens is 188 g/mol. The second-order valence-electron chi connectivity index (χ2n) is 3.43. The fourth-order valence-corrected chi connectivity index (χ4v) is 1.46. The van der Waals surface area contributed by atoms with Gasteiger partial charge in [0, 0.05) is 12.8 Å². The van der Waals surface area contributed by atoms with E-state index in [9.17, 15) is 4.79 Å². The molecule has 1 rings (SSSR count). The molecule has 0 N–H and O–H groups in total. The first-order valence-electron chi connectivity index (χ1n) is 5.50. The summed E-state index contributed by atoms with van der Waals surface area (Å²) in [6.45, 7) is 4.53. The van der Waals surface area contributed by atoms with Gasteiger partial charge in [0.25, 0.3) is 0 Å². The number of aryl methyl sites for hydroxylation is 1. The van der Waals surface area contributed by atoms with Gasteiger partial charge in [-0.1, -0.05) is 25.1 Å². The molecule has 1 aromatic carbocycles.